The van der Waals surface area contributed by atoms with Crippen LogP contribution in [0.4, 0.5) is 10.5 Å². The Kier molecular flexibility index (Phi) is 3.87. The first-order valence-corrected chi connectivity index (χ1v) is 6.50. The van der Waals surface area contributed by atoms with E-state index in [1.165, 1.54) is 0 Å². The molecule has 0 aromatic heterocycles. The second kappa shape index (κ2) is 5.40. The molecule has 0 bridgehead atoms. The van der Waals surface area contributed by atoms with Crippen LogP contribution in [0.5, 0.6) is 0 Å². The van der Waals surface area contributed by atoms with Crippen LogP contribution in [0.1, 0.15) is 25.3 Å². The number of carbonyl (C=O) groups excluding carboxylic acids is 1. The zero-order valence-electron chi connectivity index (χ0n) is 11.1. The number of hydrogen-bond acceptors (Lipinski definition) is 2. The van der Waals surface area contributed by atoms with Crippen molar-refractivity contribution in [2.45, 2.75) is 32.4 Å². The Morgan fingerprint density at radius 2 is 2.22 bits per heavy atom. The summed E-state index contributed by atoms with van der Waals surface area (Å²) in [5.74, 6) is 0. The molecule has 1 fully saturated rings. The van der Waals surface area contributed by atoms with Crippen LogP contribution in [0.3, 0.4) is 0 Å². The maximum atomic E-state index is 12.2. The summed E-state index contributed by atoms with van der Waals surface area (Å²) in [4.78, 5) is 15.9. The minimum Gasteiger partial charge on any atom is -0.326 e. The highest BCUT2D eigenvalue weighted by Crippen LogP contribution is 2.25. The highest BCUT2D eigenvalue weighted by Gasteiger charge is 2.34. The van der Waals surface area contributed by atoms with Crippen molar-refractivity contribution in [2.24, 2.45) is 5.73 Å². The van der Waals surface area contributed by atoms with Gasteiger partial charge in [-0.15, -0.1) is 0 Å². The van der Waals surface area contributed by atoms with E-state index in [1.54, 1.807) is 0 Å². The molecule has 2 rings (SSSR count). The molecule has 1 aliphatic rings. The van der Waals surface area contributed by atoms with Crippen molar-refractivity contribution in [1.82, 2.24) is 4.90 Å². The Morgan fingerprint density at radius 3 is 2.89 bits per heavy atom. The summed E-state index contributed by atoms with van der Waals surface area (Å²) in [6.07, 6.45) is 2.15. The van der Waals surface area contributed by atoms with Gasteiger partial charge in [0.25, 0.3) is 0 Å². The average molecular weight is 247 g/mol. The zero-order chi connectivity index (χ0) is 13.1. The normalized spacial score (nSPS) is 19.7. The number of benzene rings is 1. The van der Waals surface area contributed by atoms with Crippen LogP contribution < -0.4 is 10.6 Å². The van der Waals surface area contributed by atoms with Gasteiger partial charge in [-0.25, -0.2) is 4.79 Å². The van der Waals surface area contributed by atoms with Gasteiger partial charge in [-0.3, -0.25) is 4.90 Å². The molecule has 1 saturated heterocycles. The van der Waals surface area contributed by atoms with E-state index in [0.717, 1.165) is 30.6 Å². The molecule has 0 radical (unpaired) electrons. The first kappa shape index (κ1) is 12.9. The molecule has 18 heavy (non-hydrogen) atoms. The number of nitrogens with zero attached hydrogens (tertiary/aromatic N) is 2. The van der Waals surface area contributed by atoms with Gasteiger partial charge >= 0.3 is 6.03 Å². The third-order valence-electron chi connectivity index (χ3n) is 3.55. The van der Waals surface area contributed by atoms with Crippen LogP contribution >= 0.6 is 0 Å². The molecular weight excluding hydrogens is 226 g/mol. The van der Waals surface area contributed by atoms with E-state index in [4.69, 9.17) is 5.73 Å². The second-order valence-electron chi connectivity index (χ2n) is 4.82. The molecule has 1 unspecified atom stereocenters. The highest BCUT2D eigenvalue weighted by atomic mass is 16.2. The predicted molar refractivity (Wildman–Crippen MR) is 73.5 cm³/mol. The molecule has 2 amide bonds. The molecule has 1 atom stereocenters. The first-order valence-electron chi connectivity index (χ1n) is 6.50. The molecule has 4 heteroatoms. The maximum absolute atomic E-state index is 12.2. The molecule has 0 spiro atoms. The molecule has 1 heterocycles. The van der Waals surface area contributed by atoms with Gasteiger partial charge < -0.3 is 10.6 Å². The van der Waals surface area contributed by atoms with Gasteiger partial charge in [0.05, 0.1) is 6.04 Å². The molecule has 1 aliphatic heterocycles. The summed E-state index contributed by atoms with van der Waals surface area (Å²) in [6.45, 7) is 3.43. The van der Waals surface area contributed by atoms with Gasteiger partial charge in [0.1, 0.15) is 0 Å². The Bertz CT molecular complexity index is 433. The van der Waals surface area contributed by atoms with Gasteiger partial charge in [-0.05, 0) is 24.1 Å². The van der Waals surface area contributed by atoms with Gasteiger partial charge in [-0.2, -0.15) is 0 Å². The minimum atomic E-state index is 0.0858. The number of hydrogen-bond donors (Lipinski definition) is 1. The summed E-state index contributed by atoms with van der Waals surface area (Å²) in [7, 11) is 1.88. The molecule has 4 nitrogen and oxygen atoms in total. The first-order chi connectivity index (χ1) is 8.67. The van der Waals surface area contributed by atoms with E-state index in [0.29, 0.717) is 12.6 Å². The van der Waals surface area contributed by atoms with Crippen molar-refractivity contribution in [3.63, 3.8) is 0 Å². The fourth-order valence-electron chi connectivity index (χ4n) is 2.44. The molecule has 2 N–H and O–H groups in total. The van der Waals surface area contributed by atoms with Crippen molar-refractivity contribution in [1.29, 1.82) is 0 Å². The Balaban J connectivity index is 2.20. The van der Waals surface area contributed by atoms with E-state index in [9.17, 15) is 4.79 Å². The van der Waals surface area contributed by atoms with E-state index in [-0.39, 0.29) is 6.03 Å². The van der Waals surface area contributed by atoms with Crippen LogP contribution in [-0.4, -0.2) is 30.6 Å². The van der Waals surface area contributed by atoms with E-state index >= 15 is 0 Å². The van der Waals surface area contributed by atoms with Gasteiger partial charge in [0.15, 0.2) is 0 Å². The van der Waals surface area contributed by atoms with Gasteiger partial charge in [0, 0.05) is 25.8 Å². The summed E-state index contributed by atoms with van der Waals surface area (Å²) in [5.41, 5.74) is 7.65. The van der Waals surface area contributed by atoms with Crippen LogP contribution in [0.15, 0.2) is 24.3 Å². The standard InChI is InChI=1S/C14H21N3O/c1-3-5-13-10-17(14(18)16(13)2)12-7-4-6-11(8-12)9-15/h4,6-8,13H,3,5,9-10,15H2,1-2H3. The summed E-state index contributed by atoms with van der Waals surface area (Å²) < 4.78 is 0. The number of likely N-dealkylation sites (N-methyl/N-ethyl adjacent to an activating group) is 1. The van der Waals surface area contributed by atoms with Crippen LogP contribution in [-0.2, 0) is 6.54 Å². The Labute approximate surface area is 108 Å². The fraction of sp³-hybridized carbons (Fsp3) is 0.500. The Hall–Kier alpha value is -1.55. The lowest BCUT2D eigenvalue weighted by Crippen LogP contribution is -2.31. The highest BCUT2D eigenvalue weighted by molar-refractivity contribution is 5.94. The quantitative estimate of drug-likeness (QED) is 0.886. The monoisotopic (exact) mass is 247 g/mol. The summed E-state index contributed by atoms with van der Waals surface area (Å²) >= 11 is 0. The summed E-state index contributed by atoms with van der Waals surface area (Å²) in [6, 6.07) is 8.32. The van der Waals surface area contributed by atoms with Gasteiger partial charge in [0.2, 0.25) is 0 Å². The largest absolute Gasteiger partial charge is 0.326 e. The van der Waals surface area contributed by atoms with Crippen molar-refractivity contribution in [3.05, 3.63) is 29.8 Å². The zero-order valence-corrected chi connectivity index (χ0v) is 11.1. The smallest absolute Gasteiger partial charge is 0.324 e. The van der Waals surface area contributed by atoms with Crippen molar-refractivity contribution in [3.8, 4) is 0 Å². The number of anilines is 1. The van der Waals surface area contributed by atoms with Gasteiger partial charge in [-0.1, -0.05) is 25.5 Å². The summed E-state index contributed by atoms with van der Waals surface area (Å²) in [5, 5.41) is 0. The lowest BCUT2D eigenvalue weighted by Gasteiger charge is -2.17. The molecule has 1 aromatic rings. The Morgan fingerprint density at radius 1 is 1.44 bits per heavy atom. The lowest BCUT2D eigenvalue weighted by atomic mass is 10.1. The molecule has 1 aromatic carbocycles. The maximum Gasteiger partial charge on any atom is 0.324 e. The number of nitrogens with two attached hydrogens (primary N) is 1. The number of carbonyl (C=O) groups is 1. The van der Waals surface area contributed by atoms with Crippen molar-refractivity contribution >= 4 is 11.7 Å². The van der Waals surface area contributed by atoms with Crippen molar-refractivity contribution in [2.75, 3.05) is 18.5 Å². The second-order valence-corrected chi connectivity index (χ2v) is 4.82. The third-order valence-corrected chi connectivity index (χ3v) is 3.55. The minimum absolute atomic E-state index is 0.0858. The van der Waals surface area contributed by atoms with E-state index in [2.05, 4.69) is 6.92 Å². The number of urea groups is 1. The molecule has 0 aliphatic carbocycles. The lowest BCUT2D eigenvalue weighted by molar-refractivity contribution is 0.217. The SMILES string of the molecule is CCCC1CN(c2cccc(CN)c2)C(=O)N1C. The average Bonchev–Trinajstić information content (AvgIpc) is 2.68. The third kappa shape index (κ3) is 2.34. The van der Waals surface area contributed by atoms with E-state index < -0.39 is 0 Å². The molecule has 0 saturated carbocycles. The predicted octanol–water partition coefficient (Wildman–Crippen LogP) is 2.19. The van der Waals surface area contributed by atoms with E-state index in [1.807, 2.05) is 41.1 Å². The van der Waals surface area contributed by atoms with Crippen LogP contribution in [0.2, 0.25) is 0 Å². The van der Waals surface area contributed by atoms with Crippen LogP contribution in [0, 0.1) is 0 Å². The van der Waals surface area contributed by atoms with Crippen molar-refractivity contribution < 1.29 is 4.79 Å². The molecular formula is C14H21N3O. The number of amides is 2. The fourth-order valence-corrected chi connectivity index (χ4v) is 2.44. The van der Waals surface area contributed by atoms with Crippen LogP contribution in [0.25, 0.3) is 0 Å². The number of rotatable bonds is 4. The molecule has 98 valence electrons. The topological polar surface area (TPSA) is 49.6 Å².